The zero-order chi connectivity index (χ0) is 15.6. The van der Waals surface area contributed by atoms with Crippen LogP contribution in [0.25, 0.3) is 0 Å². The van der Waals surface area contributed by atoms with Gasteiger partial charge >= 0.3 is 11.4 Å². The summed E-state index contributed by atoms with van der Waals surface area (Å²) >= 11 is -1.65. The third-order valence-electron chi connectivity index (χ3n) is 4.17. The van der Waals surface area contributed by atoms with E-state index in [0.29, 0.717) is 11.5 Å². The van der Waals surface area contributed by atoms with Crippen LogP contribution in [0.1, 0.15) is 76.7 Å². The molecule has 124 valence electrons. The van der Waals surface area contributed by atoms with Gasteiger partial charge in [0.15, 0.2) is 11.5 Å². The Morgan fingerprint density at radius 2 is 1.50 bits per heavy atom. The van der Waals surface area contributed by atoms with Crippen LogP contribution in [0.4, 0.5) is 0 Å². The summed E-state index contributed by atoms with van der Waals surface area (Å²) in [7, 11) is 0. The average molecular weight is 324 g/mol. The Balaban J connectivity index is 1.55. The molecule has 1 aliphatic heterocycles. The Morgan fingerprint density at radius 1 is 0.864 bits per heavy atom. The topological polar surface area (TPSA) is 35.5 Å². The number of hydrogen-bond donors (Lipinski definition) is 0. The van der Waals surface area contributed by atoms with Crippen LogP contribution in [0.15, 0.2) is 18.2 Å². The van der Waals surface area contributed by atoms with Crippen molar-refractivity contribution in [3.63, 3.8) is 0 Å². The van der Waals surface area contributed by atoms with E-state index in [9.17, 15) is 4.21 Å². The van der Waals surface area contributed by atoms with Crippen molar-refractivity contribution in [3.05, 3.63) is 23.8 Å². The Bertz CT molecular complexity index is 473. The predicted octanol–water partition coefficient (Wildman–Crippen LogP) is 5.50. The summed E-state index contributed by atoms with van der Waals surface area (Å²) in [5.74, 6) is 1.29. The second-order valence-electron chi connectivity index (χ2n) is 6.05. The van der Waals surface area contributed by atoms with Crippen LogP contribution >= 0.6 is 0 Å². The largest absolute Gasteiger partial charge is 0.417 e. The van der Waals surface area contributed by atoms with Gasteiger partial charge in [-0.2, -0.15) is 4.21 Å². The van der Waals surface area contributed by atoms with Crippen LogP contribution in [0.2, 0.25) is 0 Å². The van der Waals surface area contributed by atoms with Crippen molar-refractivity contribution in [1.82, 2.24) is 0 Å². The minimum absolute atomic E-state index is 0.614. The average Bonchev–Trinajstić information content (AvgIpc) is 2.90. The highest BCUT2D eigenvalue weighted by Crippen LogP contribution is 2.37. The molecule has 0 aromatic heterocycles. The number of unbranched alkanes of at least 4 members (excludes halogenated alkanes) is 9. The van der Waals surface area contributed by atoms with Gasteiger partial charge < -0.3 is 8.37 Å². The van der Waals surface area contributed by atoms with Crippen LogP contribution in [0.5, 0.6) is 11.5 Å². The number of para-hydroxylation sites is 1. The molecule has 0 amide bonds. The van der Waals surface area contributed by atoms with E-state index in [0.717, 1.165) is 18.4 Å². The van der Waals surface area contributed by atoms with Gasteiger partial charge in [-0.1, -0.05) is 76.8 Å². The number of hydrogen-bond acceptors (Lipinski definition) is 3. The smallest absolute Gasteiger partial charge is 0.367 e. The molecular weight excluding hydrogens is 296 g/mol. The Hall–Kier alpha value is -1.03. The quantitative estimate of drug-likeness (QED) is 0.504. The summed E-state index contributed by atoms with van der Waals surface area (Å²) in [4.78, 5) is 0. The summed E-state index contributed by atoms with van der Waals surface area (Å²) in [6, 6.07) is 5.79. The molecule has 1 heterocycles. The highest BCUT2D eigenvalue weighted by molar-refractivity contribution is 7.76. The van der Waals surface area contributed by atoms with E-state index in [2.05, 4.69) is 6.92 Å². The van der Waals surface area contributed by atoms with Gasteiger partial charge in [-0.3, -0.25) is 0 Å². The number of fused-ring (bicyclic) bond motifs is 1. The molecule has 1 aromatic rings. The zero-order valence-electron chi connectivity index (χ0n) is 13.6. The van der Waals surface area contributed by atoms with Crippen molar-refractivity contribution < 1.29 is 12.6 Å². The molecule has 22 heavy (non-hydrogen) atoms. The lowest BCUT2D eigenvalue weighted by molar-refractivity contribution is 0.518. The lowest BCUT2D eigenvalue weighted by Crippen LogP contribution is -1.98. The fourth-order valence-electron chi connectivity index (χ4n) is 2.88. The van der Waals surface area contributed by atoms with Crippen molar-refractivity contribution in [2.24, 2.45) is 0 Å². The Morgan fingerprint density at radius 3 is 2.18 bits per heavy atom. The van der Waals surface area contributed by atoms with Gasteiger partial charge in [0.2, 0.25) is 0 Å². The maximum absolute atomic E-state index is 11.3. The maximum atomic E-state index is 11.3. The molecule has 4 heteroatoms. The zero-order valence-corrected chi connectivity index (χ0v) is 14.5. The maximum Gasteiger partial charge on any atom is 0.417 e. The minimum Gasteiger partial charge on any atom is -0.367 e. The van der Waals surface area contributed by atoms with Gasteiger partial charge in [0.25, 0.3) is 0 Å². The predicted molar refractivity (Wildman–Crippen MR) is 91.4 cm³/mol. The summed E-state index contributed by atoms with van der Waals surface area (Å²) in [5.41, 5.74) is 1.11. The first-order valence-corrected chi connectivity index (χ1v) is 9.71. The summed E-state index contributed by atoms with van der Waals surface area (Å²) in [6.45, 7) is 2.26. The van der Waals surface area contributed by atoms with Crippen LogP contribution in [0, 0.1) is 0 Å². The molecule has 0 bridgehead atoms. The van der Waals surface area contributed by atoms with Gasteiger partial charge in [0, 0.05) is 0 Å². The highest BCUT2D eigenvalue weighted by Gasteiger charge is 2.23. The van der Waals surface area contributed by atoms with Crippen LogP contribution < -0.4 is 8.37 Å². The number of benzene rings is 1. The lowest BCUT2D eigenvalue weighted by atomic mass is 10.0. The molecule has 1 atom stereocenters. The fourth-order valence-corrected chi connectivity index (χ4v) is 3.52. The molecule has 0 N–H and O–H groups in total. The number of rotatable bonds is 11. The molecule has 2 rings (SSSR count). The molecule has 3 nitrogen and oxygen atoms in total. The molecule has 1 aromatic carbocycles. The van der Waals surface area contributed by atoms with Crippen molar-refractivity contribution in [1.29, 1.82) is 0 Å². The van der Waals surface area contributed by atoms with E-state index in [1.54, 1.807) is 0 Å². The molecule has 0 aliphatic carbocycles. The van der Waals surface area contributed by atoms with Crippen LogP contribution in [0.3, 0.4) is 0 Å². The first-order valence-electron chi connectivity index (χ1n) is 8.71. The van der Waals surface area contributed by atoms with E-state index in [1.807, 2.05) is 18.2 Å². The second-order valence-corrected chi connectivity index (χ2v) is 6.79. The van der Waals surface area contributed by atoms with Gasteiger partial charge in [-0.15, -0.1) is 0 Å². The second kappa shape index (κ2) is 9.88. The first-order chi connectivity index (χ1) is 10.8. The third-order valence-corrected chi connectivity index (χ3v) is 4.79. The van der Waals surface area contributed by atoms with Gasteiger partial charge in [0.05, 0.1) is 0 Å². The molecule has 0 saturated carbocycles. The van der Waals surface area contributed by atoms with Crippen LogP contribution in [-0.2, 0) is 17.8 Å². The standard InChI is InChI=1S/C18H28O3S/c1-2-3-4-5-6-7-8-9-10-11-13-16-14-12-15-17-18(16)21-22(19)20-17/h12,14-15H,2-11,13H2,1H3. The molecule has 1 aliphatic rings. The summed E-state index contributed by atoms with van der Waals surface area (Å²) in [5, 5.41) is 0. The van der Waals surface area contributed by atoms with Crippen molar-refractivity contribution in [2.45, 2.75) is 77.6 Å². The van der Waals surface area contributed by atoms with Gasteiger partial charge in [-0.25, -0.2) is 0 Å². The van der Waals surface area contributed by atoms with E-state index >= 15 is 0 Å². The SMILES string of the molecule is CCCCCCCCCCCCc1cccc2c1OS(=O)O2. The molecule has 0 fully saturated rings. The minimum atomic E-state index is -1.65. The lowest BCUT2D eigenvalue weighted by Gasteiger charge is -2.05. The Labute approximate surface area is 137 Å². The molecule has 1 unspecified atom stereocenters. The number of aryl methyl sites for hydroxylation is 1. The monoisotopic (exact) mass is 324 g/mol. The molecular formula is C18H28O3S. The highest BCUT2D eigenvalue weighted by atomic mass is 32.2. The normalized spacial score (nSPS) is 16.1. The van der Waals surface area contributed by atoms with Crippen molar-refractivity contribution >= 4 is 11.4 Å². The van der Waals surface area contributed by atoms with Gasteiger partial charge in [-0.05, 0) is 24.5 Å². The summed E-state index contributed by atoms with van der Waals surface area (Å²) < 4.78 is 21.6. The van der Waals surface area contributed by atoms with Crippen molar-refractivity contribution in [2.75, 3.05) is 0 Å². The van der Waals surface area contributed by atoms with E-state index in [4.69, 9.17) is 8.37 Å². The van der Waals surface area contributed by atoms with Crippen molar-refractivity contribution in [3.8, 4) is 11.5 Å². The Kier molecular flexibility index (Phi) is 7.78. The molecule has 0 spiro atoms. The van der Waals surface area contributed by atoms with Crippen LogP contribution in [-0.4, -0.2) is 4.21 Å². The first kappa shape index (κ1) is 17.3. The van der Waals surface area contributed by atoms with E-state index in [1.165, 1.54) is 57.8 Å². The van der Waals surface area contributed by atoms with E-state index in [-0.39, 0.29) is 0 Å². The fraction of sp³-hybridized carbons (Fsp3) is 0.667. The van der Waals surface area contributed by atoms with Gasteiger partial charge in [0.1, 0.15) is 0 Å². The molecule has 0 radical (unpaired) electrons. The van der Waals surface area contributed by atoms with E-state index < -0.39 is 11.4 Å². The molecule has 0 saturated heterocycles. The summed E-state index contributed by atoms with van der Waals surface area (Å²) in [6.07, 6.45) is 14.3. The third kappa shape index (κ3) is 5.64.